The van der Waals surface area contributed by atoms with Crippen molar-refractivity contribution in [1.29, 1.82) is 0 Å². The van der Waals surface area contributed by atoms with Gasteiger partial charge in [0.15, 0.2) is 0 Å². The summed E-state index contributed by atoms with van der Waals surface area (Å²) in [4.78, 5) is 0. The molecule has 0 aliphatic rings. The van der Waals surface area contributed by atoms with Crippen molar-refractivity contribution in [1.82, 2.24) is 4.57 Å². The third-order valence-electron chi connectivity index (χ3n) is 3.42. The molecule has 96 valence electrons. The predicted molar refractivity (Wildman–Crippen MR) is 76.6 cm³/mol. The van der Waals surface area contributed by atoms with Crippen LogP contribution in [0.3, 0.4) is 0 Å². The van der Waals surface area contributed by atoms with E-state index in [4.69, 9.17) is 5.73 Å². The highest BCUT2D eigenvalue weighted by Gasteiger charge is 2.04. The molecule has 0 aliphatic carbocycles. The van der Waals surface area contributed by atoms with Crippen LogP contribution in [0, 0.1) is 12.7 Å². The van der Waals surface area contributed by atoms with Crippen molar-refractivity contribution in [2.24, 2.45) is 0 Å². The molecule has 0 spiro atoms. The van der Waals surface area contributed by atoms with E-state index in [9.17, 15) is 4.39 Å². The summed E-state index contributed by atoms with van der Waals surface area (Å²) in [7, 11) is 0. The zero-order valence-corrected chi connectivity index (χ0v) is 10.7. The molecule has 0 atom stereocenters. The Kier molecular flexibility index (Phi) is 2.75. The summed E-state index contributed by atoms with van der Waals surface area (Å²) in [5.41, 5.74) is 10.0. The van der Waals surface area contributed by atoms with Crippen molar-refractivity contribution in [3.05, 3.63) is 65.6 Å². The molecule has 0 saturated heterocycles. The maximum Gasteiger partial charge on any atom is 0.123 e. The van der Waals surface area contributed by atoms with E-state index in [-0.39, 0.29) is 5.82 Å². The summed E-state index contributed by atoms with van der Waals surface area (Å²) >= 11 is 0. The molecular formula is C16H15FN2. The molecule has 19 heavy (non-hydrogen) atoms. The van der Waals surface area contributed by atoms with Crippen molar-refractivity contribution in [2.75, 3.05) is 5.73 Å². The smallest absolute Gasteiger partial charge is 0.123 e. The van der Waals surface area contributed by atoms with E-state index < -0.39 is 0 Å². The summed E-state index contributed by atoms with van der Waals surface area (Å²) in [6, 6.07) is 12.7. The SMILES string of the molecule is Cc1cc2c(ccn2Cc2ccc(F)cc2)cc1N. The van der Waals surface area contributed by atoms with Crippen LogP contribution in [0.4, 0.5) is 10.1 Å². The summed E-state index contributed by atoms with van der Waals surface area (Å²) in [5, 5.41) is 1.13. The first-order chi connectivity index (χ1) is 9.13. The Morgan fingerprint density at radius 2 is 1.84 bits per heavy atom. The molecule has 0 aliphatic heterocycles. The van der Waals surface area contributed by atoms with Crippen LogP contribution in [0.15, 0.2) is 48.7 Å². The molecule has 0 amide bonds. The Balaban J connectivity index is 2.01. The molecule has 2 nitrogen and oxygen atoms in total. The van der Waals surface area contributed by atoms with E-state index in [1.165, 1.54) is 12.1 Å². The Morgan fingerprint density at radius 1 is 1.11 bits per heavy atom. The third kappa shape index (κ3) is 2.19. The lowest BCUT2D eigenvalue weighted by Crippen LogP contribution is -1.98. The summed E-state index contributed by atoms with van der Waals surface area (Å²) in [5.74, 6) is -0.204. The van der Waals surface area contributed by atoms with Crippen LogP contribution in [0.25, 0.3) is 10.9 Å². The number of halogens is 1. The van der Waals surface area contributed by atoms with Gasteiger partial charge < -0.3 is 10.3 Å². The summed E-state index contributed by atoms with van der Waals surface area (Å²) in [6.45, 7) is 2.73. The van der Waals surface area contributed by atoms with Gasteiger partial charge in [0.1, 0.15) is 5.82 Å². The van der Waals surface area contributed by atoms with Gasteiger partial charge in [-0.05, 0) is 48.4 Å². The van der Waals surface area contributed by atoms with Gasteiger partial charge in [0, 0.05) is 29.3 Å². The quantitative estimate of drug-likeness (QED) is 0.694. The normalized spacial score (nSPS) is 11.1. The van der Waals surface area contributed by atoms with E-state index >= 15 is 0 Å². The largest absolute Gasteiger partial charge is 0.398 e. The Bertz CT molecular complexity index is 726. The van der Waals surface area contributed by atoms with E-state index in [0.717, 1.165) is 34.3 Å². The minimum absolute atomic E-state index is 0.204. The van der Waals surface area contributed by atoms with Gasteiger partial charge in [0.25, 0.3) is 0 Å². The van der Waals surface area contributed by atoms with Crippen molar-refractivity contribution in [2.45, 2.75) is 13.5 Å². The number of hydrogen-bond donors (Lipinski definition) is 1. The second kappa shape index (κ2) is 4.43. The Hall–Kier alpha value is -2.29. The fourth-order valence-corrected chi connectivity index (χ4v) is 2.28. The first kappa shape index (κ1) is 11.8. The van der Waals surface area contributed by atoms with E-state index in [2.05, 4.69) is 16.7 Å². The number of anilines is 1. The lowest BCUT2D eigenvalue weighted by Gasteiger charge is -2.07. The van der Waals surface area contributed by atoms with Crippen molar-refractivity contribution in [3.8, 4) is 0 Å². The molecule has 0 radical (unpaired) electrons. The zero-order chi connectivity index (χ0) is 13.4. The van der Waals surface area contributed by atoms with Gasteiger partial charge in [-0.25, -0.2) is 4.39 Å². The highest BCUT2D eigenvalue weighted by molar-refractivity contribution is 5.84. The molecule has 1 aromatic heterocycles. The van der Waals surface area contributed by atoms with Crippen LogP contribution < -0.4 is 5.73 Å². The van der Waals surface area contributed by atoms with E-state index in [0.29, 0.717) is 0 Å². The predicted octanol–water partition coefficient (Wildman–Crippen LogP) is 3.72. The first-order valence-corrected chi connectivity index (χ1v) is 6.23. The molecule has 0 saturated carbocycles. The molecule has 3 rings (SSSR count). The van der Waals surface area contributed by atoms with Gasteiger partial charge >= 0.3 is 0 Å². The topological polar surface area (TPSA) is 30.9 Å². The van der Waals surface area contributed by atoms with Gasteiger partial charge in [-0.2, -0.15) is 0 Å². The van der Waals surface area contributed by atoms with Gasteiger partial charge in [0.05, 0.1) is 0 Å². The molecule has 1 heterocycles. The Labute approximate surface area is 111 Å². The van der Waals surface area contributed by atoms with Gasteiger partial charge in [0.2, 0.25) is 0 Å². The third-order valence-corrected chi connectivity index (χ3v) is 3.42. The number of nitrogens with two attached hydrogens (primary N) is 1. The van der Waals surface area contributed by atoms with Crippen molar-refractivity contribution >= 4 is 16.6 Å². The number of aromatic nitrogens is 1. The number of benzene rings is 2. The Morgan fingerprint density at radius 3 is 2.58 bits per heavy atom. The molecule has 0 fully saturated rings. The minimum Gasteiger partial charge on any atom is -0.398 e. The van der Waals surface area contributed by atoms with Crippen molar-refractivity contribution < 1.29 is 4.39 Å². The number of nitrogen functional groups attached to an aromatic ring is 1. The number of nitrogens with zero attached hydrogens (tertiary/aromatic N) is 1. The lowest BCUT2D eigenvalue weighted by atomic mass is 10.1. The second-order valence-electron chi connectivity index (χ2n) is 4.84. The number of fused-ring (bicyclic) bond motifs is 1. The average molecular weight is 254 g/mol. The molecule has 0 unspecified atom stereocenters. The maximum atomic E-state index is 12.9. The molecule has 3 heteroatoms. The molecule has 2 N–H and O–H groups in total. The van der Waals surface area contributed by atoms with Crippen LogP contribution >= 0.6 is 0 Å². The lowest BCUT2D eigenvalue weighted by molar-refractivity contribution is 0.626. The minimum atomic E-state index is -0.204. The first-order valence-electron chi connectivity index (χ1n) is 6.23. The van der Waals surface area contributed by atoms with Crippen LogP contribution in [0.5, 0.6) is 0 Å². The molecular weight excluding hydrogens is 239 g/mol. The maximum absolute atomic E-state index is 12.9. The number of hydrogen-bond acceptors (Lipinski definition) is 1. The molecule has 0 bridgehead atoms. The van der Waals surface area contributed by atoms with Crippen LogP contribution in [-0.4, -0.2) is 4.57 Å². The second-order valence-corrected chi connectivity index (χ2v) is 4.84. The fraction of sp³-hybridized carbons (Fsp3) is 0.125. The van der Waals surface area contributed by atoms with Crippen LogP contribution in [0.1, 0.15) is 11.1 Å². The number of rotatable bonds is 2. The number of aryl methyl sites for hydroxylation is 1. The monoisotopic (exact) mass is 254 g/mol. The van der Waals surface area contributed by atoms with Gasteiger partial charge in [-0.15, -0.1) is 0 Å². The van der Waals surface area contributed by atoms with Crippen LogP contribution in [-0.2, 0) is 6.54 Å². The highest BCUT2D eigenvalue weighted by Crippen LogP contribution is 2.23. The van der Waals surface area contributed by atoms with Gasteiger partial charge in [-0.3, -0.25) is 0 Å². The fourth-order valence-electron chi connectivity index (χ4n) is 2.28. The van der Waals surface area contributed by atoms with Gasteiger partial charge in [-0.1, -0.05) is 12.1 Å². The van der Waals surface area contributed by atoms with Crippen molar-refractivity contribution in [3.63, 3.8) is 0 Å². The zero-order valence-electron chi connectivity index (χ0n) is 10.7. The van der Waals surface area contributed by atoms with Crippen LogP contribution in [0.2, 0.25) is 0 Å². The van der Waals surface area contributed by atoms with E-state index in [1.807, 2.05) is 31.3 Å². The summed E-state index contributed by atoms with van der Waals surface area (Å²) in [6.07, 6.45) is 2.03. The average Bonchev–Trinajstić information content (AvgIpc) is 2.76. The van der Waals surface area contributed by atoms with E-state index in [1.54, 1.807) is 0 Å². The highest BCUT2D eigenvalue weighted by atomic mass is 19.1. The molecule has 3 aromatic rings. The molecule has 2 aromatic carbocycles. The standard InChI is InChI=1S/C16H15FN2/c1-11-8-16-13(9-15(11)18)6-7-19(16)10-12-2-4-14(17)5-3-12/h2-9H,10,18H2,1H3. The summed E-state index contributed by atoms with van der Waals surface area (Å²) < 4.78 is 15.0.